The molecule has 0 fully saturated rings. The number of nitrogens with two attached hydrogens (primary N) is 1. The van der Waals surface area contributed by atoms with E-state index in [0.29, 0.717) is 6.04 Å². The highest BCUT2D eigenvalue weighted by atomic mass is 16.5. The molecule has 0 saturated carbocycles. The maximum absolute atomic E-state index is 6.06. The predicted octanol–water partition coefficient (Wildman–Crippen LogP) is 2.40. The number of fused-ring (bicyclic) bond motifs is 1. The van der Waals surface area contributed by atoms with Gasteiger partial charge in [-0.25, -0.2) is 0 Å². The minimum absolute atomic E-state index is 0.102. The van der Waals surface area contributed by atoms with E-state index in [2.05, 4.69) is 37.4 Å². The molecular weight excluding hydrogens is 224 g/mol. The van der Waals surface area contributed by atoms with E-state index in [-0.39, 0.29) is 5.54 Å². The minimum atomic E-state index is -0.102. The molecule has 0 spiro atoms. The van der Waals surface area contributed by atoms with Crippen molar-refractivity contribution in [3.63, 3.8) is 0 Å². The number of benzene rings is 1. The van der Waals surface area contributed by atoms with Crippen LogP contribution in [0.1, 0.15) is 43.9 Å². The smallest absolute Gasteiger partial charge is 0.122 e. The van der Waals surface area contributed by atoms with E-state index < -0.39 is 0 Å². The molecule has 0 aromatic heterocycles. The first-order chi connectivity index (χ1) is 8.49. The average molecular weight is 248 g/mol. The molecule has 1 unspecified atom stereocenters. The summed E-state index contributed by atoms with van der Waals surface area (Å²) in [5.74, 6) is 1.05. The van der Waals surface area contributed by atoms with Crippen LogP contribution in [0.3, 0.4) is 0 Å². The highest BCUT2D eigenvalue weighted by Gasteiger charge is 2.18. The molecule has 0 radical (unpaired) electrons. The van der Waals surface area contributed by atoms with E-state index in [0.717, 1.165) is 31.6 Å². The summed E-state index contributed by atoms with van der Waals surface area (Å²) < 4.78 is 5.54. The molecular formula is C15H24N2O. The highest BCUT2D eigenvalue weighted by Crippen LogP contribution is 2.30. The van der Waals surface area contributed by atoms with E-state index in [4.69, 9.17) is 10.5 Å². The van der Waals surface area contributed by atoms with Crippen LogP contribution < -0.4 is 15.8 Å². The standard InChI is InChI=1S/C15H24N2O/c1-15(2,16)8-6-13(17-3)11-4-5-14-12(10-11)7-9-18-14/h4-5,10,13,17H,6-9,16H2,1-3H3. The maximum atomic E-state index is 6.06. The van der Waals surface area contributed by atoms with Gasteiger partial charge in [-0.3, -0.25) is 0 Å². The van der Waals surface area contributed by atoms with E-state index in [1.54, 1.807) is 0 Å². The van der Waals surface area contributed by atoms with Crippen LogP contribution >= 0.6 is 0 Å². The van der Waals surface area contributed by atoms with Gasteiger partial charge in [0.1, 0.15) is 5.75 Å². The van der Waals surface area contributed by atoms with Gasteiger partial charge < -0.3 is 15.8 Å². The Bertz CT molecular complexity index is 409. The first-order valence-corrected chi connectivity index (χ1v) is 6.71. The van der Waals surface area contributed by atoms with Gasteiger partial charge in [-0.15, -0.1) is 0 Å². The molecule has 18 heavy (non-hydrogen) atoms. The third kappa shape index (κ3) is 3.24. The van der Waals surface area contributed by atoms with Gasteiger partial charge in [-0.1, -0.05) is 12.1 Å². The molecule has 1 aliphatic rings. The Kier molecular flexibility index (Phi) is 3.93. The van der Waals surface area contributed by atoms with Crippen LogP contribution in [-0.2, 0) is 6.42 Å². The van der Waals surface area contributed by atoms with Crippen LogP contribution in [0.2, 0.25) is 0 Å². The fraction of sp³-hybridized carbons (Fsp3) is 0.600. The summed E-state index contributed by atoms with van der Waals surface area (Å²) in [5, 5.41) is 3.39. The number of rotatable bonds is 5. The quantitative estimate of drug-likeness (QED) is 0.841. The minimum Gasteiger partial charge on any atom is -0.493 e. The lowest BCUT2D eigenvalue weighted by Gasteiger charge is -2.23. The van der Waals surface area contributed by atoms with Crippen molar-refractivity contribution >= 4 is 0 Å². The van der Waals surface area contributed by atoms with Gasteiger partial charge in [0.25, 0.3) is 0 Å². The molecule has 1 heterocycles. The van der Waals surface area contributed by atoms with Crippen molar-refractivity contribution in [1.29, 1.82) is 0 Å². The third-order valence-electron chi connectivity index (χ3n) is 3.54. The summed E-state index contributed by atoms with van der Waals surface area (Å²) in [6, 6.07) is 6.90. The van der Waals surface area contributed by atoms with Crippen LogP contribution in [-0.4, -0.2) is 19.2 Å². The van der Waals surface area contributed by atoms with E-state index in [1.165, 1.54) is 11.1 Å². The molecule has 1 aromatic rings. The summed E-state index contributed by atoms with van der Waals surface area (Å²) in [5.41, 5.74) is 8.63. The average Bonchev–Trinajstić information content (AvgIpc) is 2.75. The molecule has 1 atom stereocenters. The molecule has 1 aromatic carbocycles. The van der Waals surface area contributed by atoms with Gasteiger partial charge in [0.05, 0.1) is 6.61 Å². The molecule has 2 rings (SSSR count). The molecule has 0 bridgehead atoms. The monoisotopic (exact) mass is 248 g/mol. The second-order valence-corrected chi connectivity index (χ2v) is 5.83. The van der Waals surface area contributed by atoms with Crippen LogP contribution in [0.15, 0.2) is 18.2 Å². The fourth-order valence-electron chi connectivity index (χ4n) is 2.42. The summed E-state index contributed by atoms with van der Waals surface area (Å²) in [7, 11) is 2.01. The highest BCUT2D eigenvalue weighted by molar-refractivity contribution is 5.40. The van der Waals surface area contributed by atoms with Gasteiger partial charge in [0.2, 0.25) is 0 Å². The van der Waals surface area contributed by atoms with Gasteiger partial charge in [0.15, 0.2) is 0 Å². The molecule has 0 aliphatic carbocycles. The third-order valence-corrected chi connectivity index (χ3v) is 3.54. The predicted molar refractivity (Wildman–Crippen MR) is 74.9 cm³/mol. The van der Waals surface area contributed by atoms with Crippen molar-refractivity contribution in [2.45, 2.75) is 44.7 Å². The fourth-order valence-corrected chi connectivity index (χ4v) is 2.42. The van der Waals surface area contributed by atoms with E-state index in [1.807, 2.05) is 7.05 Å². The molecule has 0 amide bonds. The van der Waals surface area contributed by atoms with Gasteiger partial charge >= 0.3 is 0 Å². The lowest BCUT2D eigenvalue weighted by Crippen LogP contribution is -2.33. The van der Waals surface area contributed by atoms with Crippen LogP contribution in [0.4, 0.5) is 0 Å². The summed E-state index contributed by atoms with van der Waals surface area (Å²) in [4.78, 5) is 0. The Labute approximate surface area is 110 Å². The zero-order valence-electron chi connectivity index (χ0n) is 11.6. The Hall–Kier alpha value is -1.06. The first kappa shape index (κ1) is 13.4. The number of nitrogens with one attached hydrogen (secondary N) is 1. The van der Waals surface area contributed by atoms with E-state index >= 15 is 0 Å². The van der Waals surface area contributed by atoms with Crippen molar-refractivity contribution in [3.05, 3.63) is 29.3 Å². The molecule has 0 saturated heterocycles. The van der Waals surface area contributed by atoms with Gasteiger partial charge in [-0.05, 0) is 50.9 Å². The Morgan fingerprint density at radius 1 is 1.44 bits per heavy atom. The first-order valence-electron chi connectivity index (χ1n) is 6.71. The zero-order valence-corrected chi connectivity index (χ0v) is 11.6. The van der Waals surface area contributed by atoms with Gasteiger partial charge in [-0.2, -0.15) is 0 Å². The Morgan fingerprint density at radius 3 is 2.89 bits per heavy atom. The van der Waals surface area contributed by atoms with Crippen LogP contribution in [0, 0.1) is 0 Å². The molecule has 1 aliphatic heterocycles. The molecule has 3 N–H and O–H groups in total. The number of hydrogen-bond donors (Lipinski definition) is 2. The van der Waals surface area contributed by atoms with Crippen molar-refractivity contribution in [3.8, 4) is 5.75 Å². The number of ether oxygens (including phenoxy) is 1. The second-order valence-electron chi connectivity index (χ2n) is 5.83. The SMILES string of the molecule is CNC(CCC(C)(C)N)c1ccc2c(c1)CCO2. The maximum Gasteiger partial charge on any atom is 0.122 e. The zero-order chi connectivity index (χ0) is 13.2. The number of hydrogen-bond acceptors (Lipinski definition) is 3. The Morgan fingerprint density at radius 2 is 2.22 bits per heavy atom. The summed E-state index contributed by atoms with van der Waals surface area (Å²) >= 11 is 0. The molecule has 100 valence electrons. The van der Waals surface area contributed by atoms with Crippen molar-refractivity contribution in [1.82, 2.24) is 5.32 Å². The molecule has 3 nitrogen and oxygen atoms in total. The topological polar surface area (TPSA) is 47.3 Å². The lowest BCUT2D eigenvalue weighted by molar-refractivity contribution is 0.356. The molecule has 3 heteroatoms. The van der Waals surface area contributed by atoms with Crippen LogP contribution in [0.5, 0.6) is 5.75 Å². The summed E-state index contributed by atoms with van der Waals surface area (Å²) in [6.45, 7) is 4.98. The van der Waals surface area contributed by atoms with Gasteiger partial charge in [0, 0.05) is 18.0 Å². The van der Waals surface area contributed by atoms with Crippen LogP contribution in [0.25, 0.3) is 0 Å². The largest absolute Gasteiger partial charge is 0.493 e. The van der Waals surface area contributed by atoms with Crippen molar-refractivity contribution < 1.29 is 4.74 Å². The lowest BCUT2D eigenvalue weighted by atomic mass is 9.92. The second kappa shape index (κ2) is 5.29. The van der Waals surface area contributed by atoms with Crippen molar-refractivity contribution in [2.24, 2.45) is 5.73 Å². The normalized spacial score (nSPS) is 16.2. The van der Waals surface area contributed by atoms with E-state index in [9.17, 15) is 0 Å². The Balaban J connectivity index is 2.08. The van der Waals surface area contributed by atoms with Crippen molar-refractivity contribution in [2.75, 3.05) is 13.7 Å². The summed E-state index contributed by atoms with van der Waals surface area (Å²) in [6.07, 6.45) is 3.09.